The van der Waals surface area contributed by atoms with Crippen LogP contribution in [-0.2, 0) is 44.5 Å². The predicted molar refractivity (Wildman–Crippen MR) is 246 cm³/mol. The molecule has 0 spiro atoms. The number of nitrogens with two attached hydrogens (primary N) is 1. The molecule has 0 aromatic heterocycles. The van der Waals surface area contributed by atoms with Gasteiger partial charge in [0.2, 0.25) is 17.7 Å². The molecule has 66 heavy (non-hydrogen) atoms. The molecule has 0 aliphatic carbocycles. The fourth-order valence-electron chi connectivity index (χ4n) is 5.96. The molecule has 6 amide bonds. The second-order valence-corrected chi connectivity index (χ2v) is 18.2. The third kappa shape index (κ3) is 19.8. The smallest absolute Gasteiger partial charge is 0.407 e. The number of rotatable bonds is 13. The normalized spacial score (nSPS) is 16.2. The lowest BCUT2D eigenvalue weighted by Crippen LogP contribution is -2.53. The van der Waals surface area contributed by atoms with E-state index >= 15 is 0 Å². The van der Waals surface area contributed by atoms with Crippen molar-refractivity contribution in [3.63, 3.8) is 0 Å². The van der Waals surface area contributed by atoms with Gasteiger partial charge in [-0.15, -0.1) is 0 Å². The molecule has 7 N–H and O–H groups in total. The number of alkyl carbamates (subject to hydrolysis) is 3. The van der Waals surface area contributed by atoms with E-state index in [4.69, 9.17) is 34.2 Å². The number of carbonyl (C=O) groups is 7. The molecule has 20 heteroatoms. The lowest BCUT2D eigenvalue weighted by atomic mass is 9.93. The van der Waals surface area contributed by atoms with E-state index in [0.717, 1.165) is 6.42 Å². The number of hydrogen-bond acceptors (Lipinski definition) is 14. The van der Waals surface area contributed by atoms with E-state index in [2.05, 4.69) is 26.6 Å². The first-order valence-corrected chi connectivity index (χ1v) is 21.8. The Morgan fingerprint density at radius 2 is 1.18 bits per heavy atom. The summed E-state index contributed by atoms with van der Waals surface area (Å²) >= 11 is 0. The summed E-state index contributed by atoms with van der Waals surface area (Å²) in [5, 5.41) is 13.2. The molecule has 1 aliphatic heterocycles. The Kier molecular flexibility index (Phi) is 21.5. The number of benzene rings is 2. The van der Waals surface area contributed by atoms with Gasteiger partial charge in [0.1, 0.15) is 59.6 Å². The first kappa shape index (κ1) is 55.8. The van der Waals surface area contributed by atoms with Gasteiger partial charge in [-0.1, -0.05) is 19.1 Å². The summed E-state index contributed by atoms with van der Waals surface area (Å²) in [6, 6.07) is 6.45. The number of hydrogen-bond donors (Lipinski definition) is 6. The number of methoxy groups -OCH3 is 1. The Morgan fingerprint density at radius 1 is 0.712 bits per heavy atom. The van der Waals surface area contributed by atoms with Gasteiger partial charge >= 0.3 is 24.2 Å². The van der Waals surface area contributed by atoms with Crippen molar-refractivity contribution in [1.82, 2.24) is 31.5 Å². The Bertz CT molecular complexity index is 1990. The summed E-state index contributed by atoms with van der Waals surface area (Å²) in [5.41, 5.74) is 5.70. The van der Waals surface area contributed by atoms with Crippen molar-refractivity contribution < 1.29 is 62.0 Å². The Morgan fingerprint density at radius 3 is 1.64 bits per heavy atom. The van der Waals surface area contributed by atoms with Gasteiger partial charge < -0.3 is 65.6 Å². The van der Waals surface area contributed by atoms with E-state index in [0.29, 0.717) is 40.3 Å². The van der Waals surface area contributed by atoms with Crippen molar-refractivity contribution in [2.75, 3.05) is 53.6 Å². The van der Waals surface area contributed by atoms with Gasteiger partial charge in [-0.3, -0.25) is 14.4 Å². The van der Waals surface area contributed by atoms with Crippen molar-refractivity contribution in [2.24, 2.45) is 5.73 Å². The molecule has 3 atom stereocenters. The van der Waals surface area contributed by atoms with Gasteiger partial charge in [-0.2, -0.15) is 0 Å². The second-order valence-electron chi connectivity index (χ2n) is 18.2. The number of likely N-dealkylation sites (N-methyl/N-ethyl adjacent to an activating group) is 1. The number of ether oxygens (including phenoxy) is 6. The highest BCUT2D eigenvalue weighted by molar-refractivity contribution is 5.94. The van der Waals surface area contributed by atoms with Crippen LogP contribution in [0.2, 0.25) is 0 Å². The van der Waals surface area contributed by atoms with Gasteiger partial charge in [0, 0.05) is 31.1 Å². The molecule has 368 valence electrons. The molecule has 0 saturated heterocycles. The fraction of sp³-hybridized carbons (Fsp3) is 0.587. The Labute approximate surface area is 388 Å². The average molecular weight is 930 g/mol. The third-order valence-corrected chi connectivity index (χ3v) is 8.83. The predicted octanol–water partition coefficient (Wildman–Crippen LogP) is 4.26. The first-order chi connectivity index (χ1) is 30.7. The summed E-state index contributed by atoms with van der Waals surface area (Å²) in [4.78, 5) is 89.7. The number of carbonyl (C=O) groups excluding carboxylic acids is 7. The SMILES string of the molecule is CCCNC(=O)OC(C)(C)C.COC(=O)C1Cc2ccc(OCCNC(=O)OC(C)(C)C)c(c2)-c2cc(ccc2OCCNC(=O)OC(C)(C)C)C(N(C)C(=O)CN)C(=O)N[C@@H](C)C(=O)N1. The Balaban J connectivity index is 0.00000120. The van der Waals surface area contributed by atoms with Crippen LogP contribution < -0.4 is 41.8 Å². The highest BCUT2D eigenvalue weighted by Crippen LogP contribution is 2.40. The molecule has 0 saturated carbocycles. The molecular formula is C46H71N7O13. The monoisotopic (exact) mass is 930 g/mol. The number of nitrogens with zero attached hydrogens (tertiary/aromatic N) is 1. The quantitative estimate of drug-likeness (QED) is 0.0932. The lowest BCUT2D eigenvalue weighted by molar-refractivity contribution is -0.145. The molecular weight excluding hydrogens is 859 g/mol. The maximum atomic E-state index is 13.9. The van der Waals surface area contributed by atoms with Crippen molar-refractivity contribution >= 4 is 42.0 Å². The van der Waals surface area contributed by atoms with Crippen LogP contribution >= 0.6 is 0 Å². The molecule has 2 aromatic rings. The zero-order valence-electron chi connectivity index (χ0n) is 40.7. The van der Waals surface area contributed by atoms with Crippen LogP contribution in [0.1, 0.15) is 99.8 Å². The number of amides is 6. The summed E-state index contributed by atoms with van der Waals surface area (Å²) in [6.45, 7) is 19.9. The molecule has 2 aromatic carbocycles. The zero-order valence-corrected chi connectivity index (χ0v) is 40.7. The van der Waals surface area contributed by atoms with E-state index in [9.17, 15) is 33.6 Å². The van der Waals surface area contributed by atoms with Crippen LogP contribution in [0, 0.1) is 0 Å². The molecule has 1 aliphatic rings. The summed E-state index contributed by atoms with van der Waals surface area (Å²) in [6.07, 6.45) is -0.654. The molecule has 0 fully saturated rings. The number of nitrogens with one attached hydrogen (secondary N) is 5. The molecule has 20 nitrogen and oxygen atoms in total. The standard InChI is InChI=1S/C38H54N6O11.C8H17NO2/c1-22-32(46)43-27(34(48)51-9)19-23-10-12-28(52-16-14-40-35(49)54-37(2,3)4)25(18-23)26-20-24(31(33(47)42-22)44(8)30(45)21-39)11-13-29(26)53-17-15-41-36(50)55-38(5,6)7;1-5-6-9-7(10)11-8(2,3)4/h10-13,18,20,22,27,31H,14-17,19,21,39H2,1-9H3,(H,40,49)(H,41,50)(H,42,47)(H,43,46);5-6H2,1-4H3,(H,9,10)/t22-,27?,31?;/m0./s1. The molecule has 2 unspecified atom stereocenters. The fourth-order valence-corrected chi connectivity index (χ4v) is 5.96. The number of esters is 1. The summed E-state index contributed by atoms with van der Waals surface area (Å²) < 4.78 is 33.0. The third-order valence-electron chi connectivity index (χ3n) is 8.83. The Hall–Kier alpha value is -6.31. The van der Waals surface area contributed by atoms with Gasteiger partial charge in [0.25, 0.3) is 0 Å². The maximum Gasteiger partial charge on any atom is 0.407 e. The van der Waals surface area contributed by atoms with Crippen LogP contribution in [0.25, 0.3) is 11.1 Å². The van der Waals surface area contributed by atoms with Crippen LogP contribution in [0.4, 0.5) is 14.4 Å². The van der Waals surface area contributed by atoms with E-state index in [-0.39, 0.29) is 38.8 Å². The molecule has 3 rings (SSSR count). The summed E-state index contributed by atoms with van der Waals surface area (Å²) in [7, 11) is 2.61. The van der Waals surface area contributed by atoms with Crippen LogP contribution in [0.5, 0.6) is 11.5 Å². The largest absolute Gasteiger partial charge is 0.491 e. The van der Waals surface area contributed by atoms with Gasteiger partial charge in [-0.25, -0.2) is 19.2 Å². The van der Waals surface area contributed by atoms with Crippen molar-refractivity contribution in [1.29, 1.82) is 0 Å². The van der Waals surface area contributed by atoms with Crippen LogP contribution in [-0.4, -0.2) is 129 Å². The van der Waals surface area contributed by atoms with Crippen molar-refractivity contribution in [2.45, 2.75) is 124 Å². The highest BCUT2D eigenvalue weighted by Gasteiger charge is 2.33. The van der Waals surface area contributed by atoms with Crippen LogP contribution in [0.3, 0.4) is 0 Å². The van der Waals surface area contributed by atoms with E-state index in [1.165, 1.54) is 26.0 Å². The molecule has 4 bridgehead atoms. The lowest BCUT2D eigenvalue weighted by Gasteiger charge is -2.30. The van der Waals surface area contributed by atoms with Gasteiger partial charge in [0.15, 0.2) is 0 Å². The van der Waals surface area contributed by atoms with Gasteiger partial charge in [0.05, 0.1) is 26.7 Å². The van der Waals surface area contributed by atoms with Crippen molar-refractivity contribution in [3.05, 3.63) is 47.5 Å². The zero-order chi connectivity index (χ0) is 50.0. The van der Waals surface area contributed by atoms with E-state index in [1.807, 2.05) is 27.7 Å². The van der Waals surface area contributed by atoms with Crippen LogP contribution in [0.15, 0.2) is 36.4 Å². The van der Waals surface area contributed by atoms with E-state index < -0.39 is 77.4 Å². The summed E-state index contributed by atoms with van der Waals surface area (Å²) in [5.74, 6) is -1.98. The minimum Gasteiger partial charge on any atom is -0.491 e. The highest BCUT2D eigenvalue weighted by atomic mass is 16.6. The molecule has 1 heterocycles. The van der Waals surface area contributed by atoms with E-state index in [1.54, 1.807) is 77.9 Å². The molecule has 0 radical (unpaired) electrons. The first-order valence-electron chi connectivity index (χ1n) is 21.8. The van der Waals surface area contributed by atoms with Crippen molar-refractivity contribution in [3.8, 4) is 22.6 Å². The maximum absolute atomic E-state index is 13.9. The minimum atomic E-state index is -1.27. The number of fused-ring (bicyclic) bond motifs is 5. The topological polar surface area (TPSA) is 264 Å². The minimum absolute atomic E-state index is 0.00138. The second kappa shape index (κ2) is 25.4. The van der Waals surface area contributed by atoms with Gasteiger partial charge in [-0.05, 0) is 111 Å². The average Bonchev–Trinajstić information content (AvgIpc) is 3.20.